The maximum atomic E-state index is 13.7. The Kier molecular flexibility index (Phi) is 7.77. The average Bonchev–Trinajstić information content (AvgIpc) is 2.84. The molecule has 0 aliphatic heterocycles. The average molecular weight is 531 g/mol. The number of amides is 1. The van der Waals surface area contributed by atoms with E-state index in [1.165, 1.54) is 10.6 Å². The van der Waals surface area contributed by atoms with E-state index >= 15 is 0 Å². The van der Waals surface area contributed by atoms with Gasteiger partial charge in [0.05, 0.1) is 39.8 Å². The number of hydrogen-bond donors (Lipinski definition) is 0. The molecule has 0 aliphatic rings. The van der Waals surface area contributed by atoms with Gasteiger partial charge in [-0.3, -0.25) is 14.2 Å². The number of halogens is 3. The van der Waals surface area contributed by atoms with E-state index < -0.39 is 6.04 Å². The normalized spacial score (nSPS) is 12.0. The Morgan fingerprint density at radius 2 is 1.77 bits per heavy atom. The zero-order chi connectivity index (χ0) is 25.1. The molecule has 0 radical (unpaired) electrons. The molecule has 0 aliphatic carbocycles. The van der Waals surface area contributed by atoms with Gasteiger partial charge in [-0.05, 0) is 55.5 Å². The molecule has 3 aromatic carbocycles. The van der Waals surface area contributed by atoms with Crippen molar-refractivity contribution >= 4 is 51.6 Å². The minimum atomic E-state index is -0.624. The lowest BCUT2D eigenvalue weighted by atomic mass is 10.1. The molecule has 0 saturated carbocycles. The fraction of sp³-hybridized carbons (Fsp3) is 0.192. The summed E-state index contributed by atoms with van der Waals surface area (Å²) in [6.45, 7) is 2.33. The molecule has 1 unspecified atom stereocenters. The second-order valence-corrected chi connectivity index (χ2v) is 9.18. The number of carbonyl (C=O) groups is 1. The number of ether oxygens (including phenoxy) is 1. The van der Waals surface area contributed by atoms with E-state index in [1.54, 1.807) is 66.6 Å². The van der Waals surface area contributed by atoms with E-state index in [1.807, 2.05) is 13.0 Å². The summed E-state index contributed by atoms with van der Waals surface area (Å²) >= 11 is 18.6. The number of nitrogens with zero attached hydrogens (tertiary/aromatic N) is 3. The molecule has 0 fully saturated rings. The molecule has 4 rings (SSSR count). The minimum absolute atomic E-state index is 0.232. The molecule has 4 aromatic rings. The Morgan fingerprint density at radius 1 is 1.03 bits per heavy atom. The summed E-state index contributed by atoms with van der Waals surface area (Å²) in [5.41, 5.74) is 1.10. The van der Waals surface area contributed by atoms with Crippen molar-refractivity contribution in [3.05, 3.63) is 104 Å². The van der Waals surface area contributed by atoms with Crippen LogP contribution in [0.2, 0.25) is 15.1 Å². The van der Waals surface area contributed by atoms with E-state index in [2.05, 4.69) is 0 Å². The molecule has 9 heteroatoms. The summed E-state index contributed by atoms with van der Waals surface area (Å²) in [4.78, 5) is 33.7. The first-order valence-electron chi connectivity index (χ1n) is 10.8. The fourth-order valence-electron chi connectivity index (χ4n) is 3.91. The molecule has 0 N–H and O–H groups in total. The van der Waals surface area contributed by atoms with Crippen LogP contribution < -0.4 is 5.56 Å². The van der Waals surface area contributed by atoms with Crippen molar-refractivity contribution < 1.29 is 9.53 Å². The highest BCUT2D eigenvalue weighted by atomic mass is 35.5. The number of aromatic nitrogens is 2. The van der Waals surface area contributed by atoms with E-state index in [0.717, 1.165) is 0 Å². The molecule has 0 bridgehead atoms. The third-order valence-electron chi connectivity index (χ3n) is 5.67. The minimum Gasteiger partial charge on any atom is -0.383 e. The molecule has 1 heterocycles. The summed E-state index contributed by atoms with van der Waals surface area (Å²) in [5, 5.41) is 1.59. The largest absolute Gasteiger partial charge is 0.383 e. The van der Waals surface area contributed by atoms with E-state index in [0.29, 0.717) is 32.5 Å². The summed E-state index contributed by atoms with van der Waals surface area (Å²) in [5.74, 6) is 0.0433. The monoisotopic (exact) mass is 529 g/mol. The van der Waals surface area contributed by atoms with Crippen molar-refractivity contribution in [2.24, 2.45) is 0 Å². The van der Waals surface area contributed by atoms with E-state index in [-0.39, 0.29) is 35.2 Å². The van der Waals surface area contributed by atoms with Crippen LogP contribution in [-0.2, 0) is 4.74 Å². The van der Waals surface area contributed by atoms with Crippen LogP contribution in [0.5, 0.6) is 0 Å². The van der Waals surface area contributed by atoms with Crippen LogP contribution in [0.15, 0.2) is 71.5 Å². The van der Waals surface area contributed by atoms with Gasteiger partial charge >= 0.3 is 0 Å². The first-order chi connectivity index (χ1) is 16.8. The van der Waals surface area contributed by atoms with Crippen molar-refractivity contribution in [2.45, 2.75) is 13.0 Å². The number of benzene rings is 3. The molecule has 180 valence electrons. The molecular formula is C26H22Cl3N3O3. The smallest absolute Gasteiger partial charge is 0.266 e. The lowest BCUT2D eigenvalue weighted by molar-refractivity contribution is 0.0605. The maximum absolute atomic E-state index is 13.7. The summed E-state index contributed by atoms with van der Waals surface area (Å²) in [6, 6.07) is 18.1. The highest BCUT2D eigenvalue weighted by Crippen LogP contribution is 2.28. The molecule has 0 saturated heterocycles. The molecule has 1 atom stereocenters. The van der Waals surface area contributed by atoms with Crippen molar-refractivity contribution in [2.75, 3.05) is 20.3 Å². The highest BCUT2D eigenvalue weighted by molar-refractivity contribution is 6.36. The van der Waals surface area contributed by atoms with Gasteiger partial charge in [-0.2, -0.15) is 0 Å². The predicted molar refractivity (Wildman–Crippen MR) is 140 cm³/mol. The van der Waals surface area contributed by atoms with Crippen LogP contribution in [-0.4, -0.2) is 40.6 Å². The Bertz CT molecular complexity index is 1450. The number of carbonyl (C=O) groups excluding carboxylic acids is 1. The van der Waals surface area contributed by atoms with Crippen LogP contribution in [0.3, 0.4) is 0 Å². The number of methoxy groups -OCH3 is 1. The molecule has 1 aromatic heterocycles. The molecular weight excluding hydrogens is 509 g/mol. The molecule has 1 amide bonds. The third kappa shape index (κ3) is 5.21. The summed E-state index contributed by atoms with van der Waals surface area (Å²) < 4.78 is 6.76. The Balaban J connectivity index is 1.91. The van der Waals surface area contributed by atoms with Crippen molar-refractivity contribution in [1.29, 1.82) is 0 Å². The lowest BCUT2D eigenvalue weighted by Gasteiger charge is -2.30. The van der Waals surface area contributed by atoms with Gasteiger partial charge in [0.1, 0.15) is 5.82 Å². The molecule has 6 nitrogen and oxygen atoms in total. The van der Waals surface area contributed by atoms with Crippen LogP contribution >= 0.6 is 34.8 Å². The number of rotatable bonds is 7. The first-order valence-corrected chi connectivity index (χ1v) is 12.0. The van der Waals surface area contributed by atoms with Gasteiger partial charge in [0.2, 0.25) is 0 Å². The van der Waals surface area contributed by atoms with Crippen molar-refractivity contribution in [3.8, 4) is 5.69 Å². The Labute approximate surface area is 217 Å². The SMILES string of the molecule is COCCN(C(=O)c1ccc(Cl)cc1Cl)C(C)c1nc2ccccc2c(=O)n1-c1cccc(Cl)c1. The van der Waals surface area contributed by atoms with E-state index in [4.69, 9.17) is 44.5 Å². The predicted octanol–water partition coefficient (Wildman–Crippen LogP) is 6.20. The van der Waals surface area contributed by atoms with Gasteiger partial charge in [-0.15, -0.1) is 0 Å². The van der Waals surface area contributed by atoms with Gasteiger partial charge in [0, 0.05) is 23.7 Å². The second-order valence-electron chi connectivity index (χ2n) is 7.90. The summed E-state index contributed by atoms with van der Waals surface area (Å²) in [6.07, 6.45) is 0. The maximum Gasteiger partial charge on any atom is 0.266 e. The van der Waals surface area contributed by atoms with Gasteiger partial charge in [-0.1, -0.05) is 53.0 Å². The highest BCUT2D eigenvalue weighted by Gasteiger charge is 2.28. The zero-order valence-electron chi connectivity index (χ0n) is 19.0. The molecule has 0 spiro atoms. The lowest BCUT2D eigenvalue weighted by Crippen LogP contribution is -2.39. The van der Waals surface area contributed by atoms with Gasteiger partial charge in [-0.25, -0.2) is 4.98 Å². The van der Waals surface area contributed by atoms with Crippen LogP contribution in [0.25, 0.3) is 16.6 Å². The Morgan fingerprint density at radius 3 is 2.49 bits per heavy atom. The first kappa shape index (κ1) is 25.2. The topological polar surface area (TPSA) is 64.4 Å². The van der Waals surface area contributed by atoms with Gasteiger partial charge in [0.15, 0.2) is 0 Å². The Hall–Kier alpha value is -2.90. The van der Waals surface area contributed by atoms with Crippen LogP contribution in [0.1, 0.15) is 29.1 Å². The van der Waals surface area contributed by atoms with Gasteiger partial charge in [0.25, 0.3) is 11.5 Å². The molecule has 35 heavy (non-hydrogen) atoms. The van der Waals surface area contributed by atoms with Crippen LogP contribution in [0, 0.1) is 0 Å². The standard InChI is InChI=1S/C26H22Cl3N3O3/c1-16(31(12-13-35-2)25(33)20-11-10-18(28)15-22(20)29)24-30-23-9-4-3-8-21(23)26(34)32(24)19-7-5-6-17(27)14-19/h3-11,14-16H,12-13H2,1-2H3. The van der Waals surface area contributed by atoms with Gasteiger partial charge < -0.3 is 9.64 Å². The third-order valence-corrected chi connectivity index (χ3v) is 6.45. The fourth-order valence-corrected chi connectivity index (χ4v) is 4.59. The van der Waals surface area contributed by atoms with Crippen molar-refractivity contribution in [1.82, 2.24) is 14.5 Å². The quantitative estimate of drug-likeness (QED) is 0.286. The van der Waals surface area contributed by atoms with Crippen LogP contribution in [0.4, 0.5) is 0 Å². The second kappa shape index (κ2) is 10.8. The number of para-hydroxylation sites is 1. The zero-order valence-corrected chi connectivity index (χ0v) is 21.3. The number of fused-ring (bicyclic) bond motifs is 1. The summed E-state index contributed by atoms with van der Waals surface area (Å²) in [7, 11) is 1.55. The van der Waals surface area contributed by atoms with E-state index in [9.17, 15) is 9.59 Å². The number of hydrogen-bond acceptors (Lipinski definition) is 4. The van der Waals surface area contributed by atoms with Crippen molar-refractivity contribution in [3.63, 3.8) is 0 Å².